The van der Waals surface area contributed by atoms with Crippen LogP contribution in [0, 0.1) is 89.2 Å². The summed E-state index contributed by atoms with van der Waals surface area (Å²) in [7, 11) is 0. The molecular formula is C118H148BrF7N6. The second-order valence-corrected chi connectivity index (χ2v) is 43.5. The summed E-state index contributed by atoms with van der Waals surface area (Å²) in [6.07, 6.45) is 6.38. The van der Waals surface area contributed by atoms with Gasteiger partial charge in [0.2, 0.25) is 0 Å². The summed E-state index contributed by atoms with van der Waals surface area (Å²) < 4.78 is 97.1. The van der Waals surface area contributed by atoms with E-state index in [2.05, 4.69) is 251 Å². The van der Waals surface area contributed by atoms with Gasteiger partial charge in [0.25, 0.3) is 0 Å². The van der Waals surface area contributed by atoms with Crippen LogP contribution in [-0.4, -0.2) is 29.9 Å². The number of hydrogen-bond donors (Lipinski definition) is 0. The van der Waals surface area contributed by atoms with Gasteiger partial charge >= 0.3 is 0 Å². The monoisotopic (exact) mass is 1860 g/mol. The maximum Gasteiger partial charge on any atom is 0.159 e. The third-order valence-corrected chi connectivity index (χ3v) is 22.1. The Balaban J connectivity index is 0.000000265. The maximum absolute atomic E-state index is 14.7. The molecule has 0 unspecified atom stereocenters. The van der Waals surface area contributed by atoms with Crippen LogP contribution < -0.4 is 0 Å². The van der Waals surface area contributed by atoms with Crippen molar-refractivity contribution in [2.75, 3.05) is 0 Å². The van der Waals surface area contributed by atoms with Crippen LogP contribution in [0.4, 0.5) is 30.7 Å². The molecule has 1 aliphatic rings. The normalized spacial score (nSPS) is 12.0. The van der Waals surface area contributed by atoms with E-state index >= 15 is 0 Å². The highest BCUT2D eigenvalue weighted by Crippen LogP contribution is 2.41. The predicted octanol–water partition coefficient (Wildman–Crippen LogP) is 35.1. The zero-order chi connectivity index (χ0) is 98.4. The lowest BCUT2D eigenvalue weighted by atomic mass is 9.84. The molecule has 6 heterocycles. The Kier molecular flexibility index (Phi) is 40.6. The number of rotatable bonds is 6. The summed E-state index contributed by atoms with van der Waals surface area (Å²) in [6.45, 7) is 68.1. The topological polar surface area (TPSA) is 77.3 Å². The van der Waals surface area contributed by atoms with Crippen molar-refractivity contribution in [2.24, 2.45) is 0 Å². The number of hydrogen-bond acceptors (Lipinski definition) is 6. The first kappa shape index (κ1) is 112. The maximum atomic E-state index is 14.7. The third kappa shape index (κ3) is 35.1. The van der Waals surface area contributed by atoms with E-state index in [0.29, 0.717) is 50.6 Å². The highest BCUT2D eigenvalue weighted by atomic mass is 79.9. The largest absolute Gasteiger partial charge is 0.263 e. The Morgan fingerprint density at radius 2 is 0.780 bits per heavy atom. The minimum absolute atomic E-state index is 0. The third-order valence-electron chi connectivity index (χ3n) is 21.6. The molecule has 0 bridgehead atoms. The van der Waals surface area contributed by atoms with Crippen LogP contribution in [0.5, 0.6) is 0 Å². The molecule has 0 spiro atoms. The highest BCUT2D eigenvalue weighted by Gasteiger charge is 2.29. The molecule has 14 rings (SSSR count). The van der Waals surface area contributed by atoms with Gasteiger partial charge in [-0.15, -0.1) is 0 Å². The molecule has 6 nitrogen and oxygen atoms in total. The van der Waals surface area contributed by atoms with E-state index in [4.69, 9.17) is 9.97 Å². The molecule has 6 aromatic heterocycles. The molecule has 706 valence electrons. The zero-order valence-corrected chi connectivity index (χ0v) is 85.9. The van der Waals surface area contributed by atoms with Gasteiger partial charge in [0.15, 0.2) is 11.6 Å². The zero-order valence-electron chi connectivity index (χ0n) is 84.3. The van der Waals surface area contributed by atoms with Crippen LogP contribution in [0.25, 0.3) is 44.6 Å². The SMILES string of the molecule is C.CC(C)(C)c1cccc(C2CC2)n1.CC(C)(C)c1cncc(Br)c1.Cc1cc(F)c(F)cc1-c1cccc(C(C)(C)C)c1F.Cc1cc(F)cc(F)c1-c1cccc(C(C)C)c1.Cc1ccc(F)c(C(C)(C)C)n1.Cc1cccc(-c2cccc(C(C)(C)C)c2F)c1.Cc1cccc(C(C)(C)C)n1.Cc1cccc(C(C)(C)C)n1.Cc1ccccc1-c1cccc(C(C)(C)C)n1. The van der Waals surface area contributed by atoms with Crippen molar-refractivity contribution in [1.29, 1.82) is 0 Å². The molecule has 0 atom stereocenters. The molecule has 1 saturated carbocycles. The Morgan fingerprint density at radius 3 is 1.23 bits per heavy atom. The first-order valence-corrected chi connectivity index (χ1v) is 46.2. The van der Waals surface area contributed by atoms with Gasteiger partial charge < -0.3 is 0 Å². The fraction of sp³-hybridized carbons (Fsp3) is 0.390. The van der Waals surface area contributed by atoms with Crippen LogP contribution >= 0.6 is 15.9 Å². The van der Waals surface area contributed by atoms with E-state index in [-0.39, 0.29) is 68.2 Å². The molecule has 14 heteroatoms. The Bertz CT molecular complexity index is 5730. The molecule has 7 aromatic carbocycles. The minimum atomic E-state index is -0.967. The molecule has 13 aromatic rings. The van der Waals surface area contributed by atoms with E-state index in [9.17, 15) is 30.7 Å². The lowest BCUT2D eigenvalue weighted by Crippen LogP contribution is -2.16. The van der Waals surface area contributed by atoms with Gasteiger partial charge in [0.1, 0.15) is 29.1 Å². The van der Waals surface area contributed by atoms with Gasteiger partial charge in [-0.25, -0.2) is 30.7 Å². The average molecular weight is 1860 g/mol. The van der Waals surface area contributed by atoms with Crippen molar-refractivity contribution in [2.45, 2.75) is 304 Å². The van der Waals surface area contributed by atoms with Crippen molar-refractivity contribution in [3.05, 3.63) is 378 Å². The second kappa shape index (κ2) is 47.9. The van der Waals surface area contributed by atoms with E-state index < -0.39 is 23.3 Å². The number of pyridine rings is 6. The van der Waals surface area contributed by atoms with Crippen LogP contribution in [0.1, 0.15) is 308 Å². The van der Waals surface area contributed by atoms with E-state index in [1.807, 2.05) is 175 Å². The predicted molar refractivity (Wildman–Crippen MR) is 549 cm³/mol. The quantitative estimate of drug-likeness (QED) is 0.154. The summed E-state index contributed by atoms with van der Waals surface area (Å²) in [4.78, 5) is 26.6. The van der Waals surface area contributed by atoms with Crippen LogP contribution in [-0.2, 0) is 43.3 Å². The van der Waals surface area contributed by atoms with Gasteiger partial charge in [0.05, 0.1) is 11.4 Å². The molecule has 0 aliphatic heterocycles. The van der Waals surface area contributed by atoms with Gasteiger partial charge in [-0.1, -0.05) is 326 Å². The molecule has 1 fully saturated rings. The molecule has 0 saturated heterocycles. The second-order valence-electron chi connectivity index (χ2n) is 42.6. The summed E-state index contributed by atoms with van der Waals surface area (Å²) in [5.41, 5.74) is 22.8. The molecule has 0 N–H and O–H groups in total. The molecular weight excluding hydrogens is 1710 g/mol. The number of aromatic nitrogens is 6. The standard InChI is InChI=1S/C17H17F3.C17H19F.C16H16F2.C16H19N.C12H17N.C10H14FN.2C10H15N.C9H12BrN.CH4/c1-10-8-14(18)15(19)9-12(10)11-6-5-7-13(16(11)20)17(2,3)4;1-12-7-5-8-13(11-12)14-9-6-10-15(16(14)18)17(2,3)4;1-10(2)12-5-4-6-13(8-12)16-11(3)7-14(17)9-15(16)18;1-12-8-5-6-9-13(12)14-10-7-11-15(17-14)16(2,3)4;1-12(2,3)11-6-4-5-10(13-11)9-7-8-9;1-7-5-6-8(11)9(12-7)10(2,3)4;2*1-8-6-5-7-9(11-8)10(2,3)4;1-9(2,3)7-4-8(10)6-11-5-7;/h5-9H,1-4H3;5-11H,1-4H3;4-10H,1-3H3;5-11H,1-4H3;4-6,9H,7-8H2,1-3H3;5-6H,1-4H3;2*5-7H,1-4H3;4-6H,1-3H3;1H4. The minimum Gasteiger partial charge on any atom is -0.263 e. The van der Waals surface area contributed by atoms with E-state index in [1.165, 1.54) is 53.1 Å². The average Bonchev–Trinajstić information content (AvgIpc) is 1.10. The number of benzene rings is 7. The van der Waals surface area contributed by atoms with Crippen molar-refractivity contribution >= 4 is 15.9 Å². The first-order chi connectivity index (χ1) is 60.6. The van der Waals surface area contributed by atoms with Gasteiger partial charge in [0, 0.05) is 124 Å². The number of aryl methyl sites for hydroxylation is 7. The Hall–Kier alpha value is -10.6. The van der Waals surface area contributed by atoms with Crippen molar-refractivity contribution in [3.63, 3.8) is 0 Å². The van der Waals surface area contributed by atoms with E-state index in [1.54, 1.807) is 44.3 Å². The number of halogens is 8. The molecule has 0 radical (unpaired) electrons. The summed E-state index contributed by atoms with van der Waals surface area (Å²) in [6, 6.07) is 69.5. The molecule has 1 aliphatic carbocycles. The molecule has 132 heavy (non-hydrogen) atoms. The van der Waals surface area contributed by atoms with Gasteiger partial charge in [-0.3, -0.25) is 29.9 Å². The van der Waals surface area contributed by atoms with Crippen molar-refractivity contribution in [3.8, 4) is 44.6 Å². The highest BCUT2D eigenvalue weighted by molar-refractivity contribution is 9.10. The molecule has 0 amide bonds. The fourth-order valence-corrected chi connectivity index (χ4v) is 14.0. The van der Waals surface area contributed by atoms with Crippen molar-refractivity contribution < 1.29 is 30.7 Å². The van der Waals surface area contributed by atoms with Gasteiger partial charge in [-0.05, 0) is 240 Å². The Labute approximate surface area is 797 Å². The lowest BCUT2D eigenvalue weighted by Gasteiger charge is -2.21. The first-order valence-electron chi connectivity index (χ1n) is 45.4. The fourth-order valence-electron chi connectivity index (χ4n) is 13.7. The smallest absolute Gasteiger partial charge is 0.159 e. The van der Waals surface area contributed by atoms with Crippen LogP contribution in [0.15, 0.2) is 241 Å². The van der Waals surface area contributed by atoms with Crippen molar-refractivity contribution in [1.82, 2.24) is 29.9 Å². The summed E-state index contributed by atoms with van der Waals surface area (Å²) in [5.74, 6) is -2.47. The number of nitrogens with zero attached hydrogens (tertiary/aromatic N) is 6. The van der Waals surface area contributed by atoms with Crippen LogP contribution in [0.3, 0.4) is 0 Å². The summed E-state index contributed by atoms with van der Waals surface area (Å²) >= 11 is 3.39. The van der Waals surface area contributed by atoms with Gasteiger partial charge in [-0.2, -0.15) is 0 Å². The van der Waals surface area contributed by atoms with E-state index in [0.717, 1.165) is 96.3 Å². The van der Waals surface area contributed by atoms with Crippen LogP contribution in [0.2, 0.25) is 0 Å². The summed E-state index contributed by atoms with van der Waals surface area (Å²) in [5, 5.41) is 0. The lowest BCUT2D eigenvalue weighted by molar-refractivity contribution is 0.501. The Morgan fingerprint density at radius 1 is 0.326 bits per heavy atom.